The Kier molecular flexibility index (Phi) is 4.61. The van der Waals surface area contributed by atoms with Gasteiger partial charge in [0.2, 0.25) is 0 Å². The highest BCUT2D eigenvalue weighted by Crippen LogP contribution is 2.30. The molecule has 0 aliphatic rings. The molecule has 3 heteroatoms. The lowest BCUT2D eigenvalue weighted by Crippen LogP contribution is -2.04. The molecule has 0 spiro atoms. The quantitative estimate of drug-likeness (QED) is 0.921. The summed E-state index contributed by atoms with van der Waals surface area (Å²) in [5.74, 6) is 0.711. The molecule has 0 amide bonds. The molecular weight excluding hydrogens is 304 g/mol. The number of aliphatic hydroxyl groups excluding tert-OH is 1. The van der Waals surface area contributed by atoms with Gasteiger partial charge < -0.3 is 9.84 Å². The molecule has 2 aromatic carbocycles. The second kappa shape index (κ2) is 6.22. The minimum atomic E-state index is -0.575. The Balaban J connectivity index is 2.24. The zero-order chi connectivity index (χ0) is 13.8. The molecule has 1 unspecified atom stereocenters. The van der Waals surface area contributed by atoms with E-state index in [1.807, 2.05) is 30.3 Å². The minimum Gasteiger partial charge on any atom is -0.496 e. The predicted molar refractivity (Wildman–Crippen MR) is 80.5 cm³/mol. The lowest BCUT2D eigenvalue weighted by molar-refractivity contribution is 0.174. The average Bonchev–Trinajstić information content (AvgIpc) is 2.38. The standard InChI is InChI=1S/C16H17BrO2/c1-11-4-3-5-12(8-11)9-15(18)14-10-13(17)6-7-16(14)19-2/h3-8,10,15,18H,9H2,1-2H3. The molecule has 0 heterocycles. The van der Waals surface area contributed by atoms with E-state index in [1.165, 1.54) is 5.56 Å². The maximum absolute atomic E-state index is 10.4. The van der Waals surface area contributed by atoms with Crippen molar-refractivity contribution >= 4 is 15.9 Å². The zero-order valence-electron chi connectivity index (χ0n) is 11.1. The first-order valence-corrected chi connectivity index (χ1v) is 6.96. The Hall–Kier alpha value is -1.32. The Labute approximate surface area is 122 Å². The monoisotopic (exact) mass is 320 g/mol. The van der Waals surface area contributed by atoms with Gasteiger partial charge in [-0.05, 0) is 30.7 Å². The Morgan fingerprint density at radius 1 is 1.21 bits per heavy atom. The van der Waals surface area contributed by atoms with Gasteiger partial charge in [-0.15, -0.1) is 0 Å². The first kappa shape index (κ1) is 14.1. The summed E-state index contributed by atoms with van der Waals surface area (Å²) in [5.41, 5.74) is 3.12. The van der Waals surface area contributed by atoms with Crippen LogP contribution in [-0.2, 0) is 6.42 Å². The molecule has 0 saturated heterocycles. The van der Waals surface area contributed by atoms with Crippen molar-refractivity contribution in [2.24, 2.45) is 0 Å². The van der Waals surface area contributed by atoms with Gasteiger partial charge in [-0.3, -0.25) is 0 Å². The van der Waals surface area contributed by atoms with Crippen molar-refractivity contribution in [1.29, 1.82) is 0 Å². The normalized spacial score (nSPS) is 12.2. The van der Waals surface area contributed by atoms with Crippen molar-refractivity contribution in [3.05, 3.63) is 63.6 Å². The number of ether oxygens (including phenoxy) is 1. The number of hydrogen-bond acceptors (Lipinski definition) is 2. The molecule has 0 radical (unpaired) electrons. The van der Waals surface area contributed by atoms with Crippen molar-refractivity contribution in [2.75, 3.05) is 7.11 Å². The van der Waals surface area contributed by atoms with Gasteiger partial charge in [0.25, 0.3) is 0 Å². The second-order valence-corrected chi connectivity index (χ2v) is 5.51. The summed E-state index contributed by atoms with van der Waals surface area (Å²) in [6.45, 7) is 2.05. The van der Waals surface area contributed by atoms with Crippen molar-refractivity contribution < 1.29 is 9.84 Å². The van der Waals surface area contributed by atoms with Gasteiger partial charge in [0.15, 0.2) is 0 Å². The number of aliphatic hydroxyl groups is 1. The molecule has 0 aliphatic carbocycles. The molecule has 0 aliphatic heterocycles. The maximum atomic E-state index is 10.4. The van der Waals surface area contributed by atoms with Gasteiger partial charge >= 0.3 is 0 Å². The van der Waals surface area contributed by atoms with E-state index in [0.29, 0.717) is 12.2 Å². The number of methoxy groups -OCH3 is 1. The fourth-order valence-electron chi connectivity index (χ4n) is 2.14. The summed E-state index contributed by atoms with van der Waals surface area (Å²) in [5, 5.41) is 10.4. The zero-order valence-corrected chi connectivity index (χ0v) is 12.6. The van der Waals surface area contributed by atoms with Crippen LogP contribution in [0.3, 0.4) is 0 Å². The van der Waals surface area contributed by atoms with Crippen molar-refractivity contribution in [2.45, 2.75) is 19.4 Å². The smallest absolute Gasteiger partial charge is 0.124 e. The average molecular weight is 321 g/mol. The minimum absolute atomic E-state index is 0.575. The van der Waals surface area contributed by atoms with Crippen LogP contribution in [0.4, 0.5) is 0 Å². The highest BCUT2D eigenvalue weighted by molar-refractivity contribution is 9.10. The summed E-state index contributed by atoms with van der Waals surface area (Å²) in [7, 11) is 1.62. The van der Waals surface area contributed by atoms with Gasteiger partial charge in [-0.1, -0.05) is 45.8 Å². The molecule has 1 N–H and O–H groups in total. The molecule has 2 aromatic rings. The number of hydrogen-bond donors (Lipinski definition) is 1. The molecule has 2 rings (SSSR count). The van der Waals surface area contributed by atoms with E-state index in [2.05, 4.69) is 35.0 Å². The highest BCUT2D eigenvalue weighted by Gasteiger charge is 2.14. The summed E-state index contributed by atoms with van der Waals surface area (Å²) >= 11 is 3.42. The third-order valence-corrected chi connectivity index (χ3v) is 3.56. The molecule has 19 heavy (non-hydrogen) atoms. The van der Waals surface area contributed by atoms with E-state index in [4.69, 9.17) is 4.74 Å². The Morgan fingerprint density at radius 2 is 2.00 bits per heavy atom. The van der Waals surface area contributed by atoms with E-state index in [9.17, 15) is 5.11 Å². The van der Waals surface area contributed by atoms with Crippen molar-refractivity contribution in [1.82, 2.24) is 0 Å². The summed E-state index contributed by atoms with van der Waals surface area (Å²) < 4.78 is 6.24. The number of benzene rings is 2. The molecule has 0 saturated carbocycles. The third-order valence-electron chi connectivity index (χ3n) is 3.06. The summed E-state index contributed by atoms with van der Waals surface area (Å²) in [6.07, 6.45) is 0.00310. The maximum Gasteiger partial charge on any atom is 0.124 e. The summed E-state index contributed by atoms with van der Waals surface area (Å²) in [6, 6.07) is 13.8. The lowest BCUT2D eigenvalue weighted by atomic mass is 9.99. The Morgan fingerprint density at radius 3 is 2.68 bits per heavy atom. The van der Waals surface area contributed by atoms with Crippen LogP contribution in [-0.4, -0.2) is 12.2 Å². The molecule has 0 fully saturated rings. The summed E-state index contributed by atoms with van der Waals surface area (Å²) in [4.78, 5) is 0. The van der Waals surface area contributed by atoms with Gasteiger partial charge in [0.1, 0.15) is 5.75 Å². The van der Waals surface area contributed by atoms with Crippen molar-refractivity contribution in [3.63, 3.8) is 0 Å². The number of rotatable bonds is 4. The van der Waals surface area contributed by atoms with Crippen LogP contribution in [0.25, 0.3) is 0 Å². The van der Waals surface area contributed by atoms with Crippen LogP contribution in [0, 0.1) is 6.92 Å². The van der Waals surface area contributed by atoms with E-state index in [-0.39, 0.29) is 0 Å². The molecule has 2 nitrogen and oxygen atoms in total. The SMILES string of the molecule is COc1ccc(Br)cc1C(O)Cc1cccc(C)c1. The first-order valence-electron chi connectivity index (χ1n) is 6.17. The molecular formula is C16H17BrO2. The van der Waals surface area contributed by atoms with Crippen LogP contribution >= 0.6 is 15.9 Å². The van der Waals surface area contributed by atoms with Gasteiger partial charge in [-0.25, -0.2) is 0 Å². The first-order chi connectivity index (χ1) is 9.10. The van der Waals surface area contributed by atoms with Gasteiger partial charge in [0, 0.05) is 16.5 Å². The van der Waals surface area contributed by atoms with E-state index < -0.39 is 6.10 Å². The highest BCUT2D eigenvalue weighted by atomic mass is 79.9. The van der Waals surface area contributed by atoms with Crippen molar-refractivity contribution in [3.8, 4) is 5.75 Å². The molecule has 0 aromatic heterocycles. The Bertz CT molecular complexity index is 566. The van der Waals surface area contributed by atoms with Crippen LogP contribution in [0.1, 0.15) is 22.8 Å². The number of aryl methyl sites for hydroxylation is 1. The third kappa shape index (κ3) is 3.58. The van der Waals surface area contributed by atoms with Crippen LogP contribution in [0.15, 0.2) is 46.9 Å². The predicted octanol–water partition coefficient (Wildman–Crippen LogP) is 4.04. The fraction of sp³-hybridized carbons (Fsp3) is 0.250. The molecule has 0 bridgehead atoms. The number of halogens is 1. The molecule has 1 atom stereocenters. The van der Waals surface area contributed by atoms with E-state index >= 15 is 0 Å². The van der Waals surface area contributed by atoms with E-state index in [0.717, 1.165) is 15.6 Å². The molecule has 100 valence electrons. The largest absolute Gasteiger partial charge is 0.496 e. The lowest BCUT2D eigenvalue weighted by Gasteiger charge is -2.15. The van der Waals surface area contributed by atoms with Gasteiger partial charge in [-0.2, -0.15) is 0 Å². The van der Waals surface area contributed by atoms with Crippen LogP contribution < -0.4 is 4.74 Å². The second-order valence-electron chi connectivity index (χ2n) is 4.60. The fourth-order valence-corrected chi connectivity index (χ4v) is 2.52. The van der Waals surface area contributed by atoms with E-state index in [1.54, 1.807) is 7.11 Å². The topological polar surface area (TPSA) is 29.5 Å². The van der Waals surface area contributed by atoms with Crippen LogP contribution in [0.5, 0.6) is 5.75 Å². The van der Waals surface area contributed by atoms with Crippen LogP contribution in [0.2, 0.25) is 0 Å². The van der Waals surface area contributed by atoms with Gasteiger partial charge in [0.05, 0.1) is 13.2 Å².